The largest absolute Gasteiger partial charge is 0.481 e. The van der Waals surface area contributed by atoms with E-state index in [0.717, 1.165) is 4.68 Å². The molecule has 0 fully saturated rings. The van der Waals surface area contributed by atoms with Crippen LogP contribution >= 0.6 is 15.9 Å². The highest BCUT2D eigenvalue weighted by Gasteiger charge is 2.24. The van der Waals surface area contributed by atoms with Crippen molar-refractivity contribution < 1.29 is 18.3 Å². The lowest BCUT2D eigenvalue weighted by atomic mass is 10.1. The molecule has 8 nitrogen and oxygen atoms in total. The number of aryl methyl sites for hydroxylation is 1. The lowest BCUT2D eigenvalue weighted by Crippen LogP contribution is -2.17. The molecule has 10 heteroatoms. The van der Waals surface area contributed by atoms with Crippen molar-refractivity contribution in [1.82, 2.24) is 15.0 Å². The number of carbonyl (C=O) groups is 1. The van der Waals surface area contributed by atoms with E-state index in [-0.39, 0.29) is 21.7 Å². The number of hydrogen-bond donors (Lipinski definition) is 2. The van der Waals surface area contributed by atoms with E-state index in [1.807, 2.05) is 0 Å². The lowest BCUT2D eigenvalue weighted by molar-refractivity contribution is -0.136. The summed E-state index contributed by atoms with van der Waals surface area (Å²) in [5.41, 5.74) is 0.756. The minimum atomic E-state index is -3.88. The van der Waals surface area contributed by atoms with Gasteiger partial charge >= 0.3 is 5.97 Å². The highest BCUT2D eigenvalue weighted by molar-refractivity contribution is 9.10. The minimum absolute atomic E-state index is 0.0965. The molecule has 0 saturated heterocycles. The molecule has 0 atom stereocenters. The van der Waals surface area contributed by atoms with Gasteiger partial charge in [0.15, 0.2) is 4.60 Å². The number of halogens is 1. The molecule has 1 aromatic heterocycles. The van der Waals surface area contributed by atoms with Gasteiger partial charge in [-0.3, -0.25) is 9.52 Å². The van der Waals surface area contributed by atoms with Crippen LogP contribution in [0.2, 0.25) is 0 Å². The van der Waals surface area contributed by atoms with Gasteiger partial charge in [-0.2, -0.15) is 8.42 Å². The summed E-state index contributed by atoms with van der Waals surface area (Å²) in [6, 6.07) is 6.17. The maximum absolute atomic E-state index is 12.3. The number of nitrogens with one attached hydrogen (secondary N) is 1. The number of hydrogen-bond acceptors (Lipinski definition) is 5. The maximum Gasteiger partial charge on any atom is 0.307 e. The fraction of sp³-hybridized carbons (Fsp3) is 0.182. The van der Waals surface area contributed by atoms with Gasteiger partial charge in [-0.15, -0.1) is 5.10 Å². The van der Waals surface area contributed by atoms with Crippen LogP contribution in [0.5, 0.6) is 0 Å². The minimum Gasteiger partial charge on any atom is -0.481 e. The molecular formula is C11H11BrN4O4S. The van der Waals surface area contributed by atoms with Crippen LogP contribution in [0.15, 0.2) is 33.9 Å². The van der Waals surface area contributed by atoms with Crippen LogP contribution in [-0.4, -0.2) is 34.5 Å². The van der Waals surface area contributed by atoms with Crippen LogP contribution in [-0.2, 0) is 28.3 Å². The molecule has 0 bridgehead atoms. The third kappa shape index (κ3) is 3.58. The van der Waals surface area contributed by atoms with E-state index in [4.69, 9.17) is 5.11 Å². The zero-order valence-corrected chi connectivity index (χ0v) is 13.2. The predicted octanol–water partition coefficient (Wildman–Crippen LogP) is 1.01. The summed E-state index contributed by atoms with van der Waals surface area (Å²) in [6.45, 7) is 0. The number of sulfonamides is 1. The Morgan fingerprint density at radius 3 is 2.76 bits per heavy atom. The van der Waals surface area contributed by atoms with Gasteiger partial charge < -0.3 is 5.11 Å². The van der Waals surface area contributed by atoms with Crippen LogP contribution in [0.3, 0.4) is 0 Å². The molecule has 112 valence electrons. The monoisotopic (exact) mass is 374 g/mol. The van der Waals surface area contributed by atoms with Crippen LogP contribution in [0.25, 0.3) is 0 Å². The summed E-state index contributed by atoms with van der Waals surface area (Å²) < 4.78 is 28.1. The average Bonchev–Trinajstić information content (AvgIpc) is 2.68. The van der Waals surface area contributed by atoms with Gasteiger partial charge in [-0.05, 0) is 33.6 Å². The van der Waals surface area contributed by atoms with Gasteiger partial charge in [-0.1, -0.05) is 17.3 Å². The molecule has 2 rings (SSSR count). The average molecular weight is 375 g/mol. The number of aliphatic carboxylic acids is 1. The van der Waals surface area contributed by atoms with Crippen molar-refractivity contribution in [3.63, 3.8) is 0 Å². The Labute approximate surface area is 129 Å². The third-order valence-electron chi connectivity index (χ3n) is 2.53. The molecule has 0 amide bonds. The molecule has 1 aromatic carbocycles. The first kappa shape index (κ1) is 15.4. The normalized spacial score (nSPS) is 11.3. The lowest BCUT2D eigenvalue weighted by Gasteiger charge is -2.09. The van der Waals surface area contributed by atoms with Crippen LogP contribution in [0.4, 0.5) is 5.69 Å². The SMILES string of the molecule is Cn1nnc(Br)c1S(=O)(=O)Nc1cccc(CC(=O)O)c1. The Morgan fingerprint density at radius 2 is 2.19 bits per heavy atom. The molecule has 0 aliphatic rings. The van der Waals surface area contributed by atoms with E-state index in [1.165, 1.54) is 19.2 Å². The zero-order valence-electron chi connectivity index (χ0n) is 10.8. The molecule has 0 aliphatic carbocycles. The summed E-state index contributed by atoms with van der Waals surface area (Å²) >= 11 is 3.02. The summed E-state index contributed by atoms with van der Waals surface area (Å²) in [5, 5.41) is 15.8. The molecule has 0 spiro atoms. The molecule has 0 aliphatic heterocycles. The molecule has 0 radical (unpaired) electrons. The number of nitrogens with zero attached hydrogens (tertiary/aromatic N) is 3. The molecule has 2 N–H and O–H groups in total. The van der Waals surface area contributed by atoms with Crippen LogP contribution in [0, 0.1) is 0 Å². The Hall–Kier alpha value is -1.94. The number of anilines is 1. The first-order chi connectivity index (χ1) is 9.79. The van der Waals surface area contributed by atoms with Gasteiger partial charge in [0, 0.05) is 12.7 Å². The van der Waals surface area contributed by atoms with Crippen molar-refractivity contribution in [1.29, 1.82) is 0 Å². The van der Waals surface area contributed by atoms with Crippen molar-refractivity contribution in [2.45, 2.75) is 11.4 Å². The fourth-order valence-electron chi connectivity index (χ4n) is 1.73. The van der Waals surface area contributed by atoms with E-state index in [0.29, 0.717) is 5.56 Å². The second-order valence-corrected chi connectivity index (χ2v) is 6.53. The number of aromatic nitrogens is 3. The van der Waals surface area contributed by atoms with Gasteiger partial charge in [0.05, 0.1) is 6.42 Å². The molecule has 0 saturated carbocycles. The summed E-state index contributed by atoms with van der Waals surface area (Å²) in [7, 11) is -2.43. The second-order valence-electron chi connectivity index (χ2n) is 4.19. The smallest absolute Gasteiger partial charge is 0.307 e. The van der Waals surface area contributed by atoms with Gasteiger partial charge in [0.25, 0.3) is 10.0 Å². The van der Waals surface area contributed by atoms with Crippen molar-refractivity contribution in [3.05, 3.63) is 34.4 Å². The van der Waals surface area contributed by atoms with Crippen molar-refractivity contribution in [2.75, 3.05) is 4.72 Å². The van der Waals surface area contributed by atoms with Crippen LogP contribution < -0.4 is 4.72 Å². The molecule has 0 unspecified atom stereocenters. The highest BCUT2D eigenvalue weighted by Crippen LogP contribution is 2.22. The van der Waals surface area contributed by atoms with E-state index < -0.39 is 16.0 Å². The second kappa shape index (κ2) is 5.82. The van der Waals surface area contributed by atoms with Crippen molar-refractivity contribution in [3.8, 4) is 0 Å². The maximum atomic E-state index is 12.3. The van der Waals surface area contributed by atoms with E-state index in [1.54, 1.807) is 12.1 Å². The Bertz CT molecular complexity index is 768. The molecular weight excluding hydrogens is 364 g/mol. The highest BCUT2D eigenvalue weighted by atomic mass is 79.9. The Balaban J connectivity index is 2.31. The zero-order chi connectivity index (χ0) is 15.6. The first-order valence-electron chi connectivity index (χ1n) is 5.68. The quantitative estimate of drug-likeness (QED) is 0.806. The van der Waals surface area contributed by atoms with Crippen molar-refractivity contribution >= 4 is 37.6 Å². The summed E-state index contributed by atoms with van der Waals surface area (Å²) in [5.74, 6) is -0.992. The van der Waals surface area contributed by atoms with Gasteiger partial charge in [0.2, 0.25) is 5.03 Å². The number of benzene rings is 1. The van der Waals surface area contributed by atoms with E-state index in [2.05, 4.69) is 31.0 Å². The van der Waals surface area contributed by atoms with Crippen LogP contribution in [0.1, 0.15) is 5.56 Å². The van der Waals surface area contributed by atoms with E-state index >= 15 is 0 Å². The first-order valence-corrected chi connectivity index (χ1v) is 7.96. The predicted molar refractivity (Wildman–Crippen MR) is 77.3 cm³/mol. The Morgan fingerprint density at radius 1 is 1.48 bits per heavy atom. The fourth-order valence-corrected chi connectivity index (χ4v) is 3.88. The van der Waals surface area contributed by atoms with Gasteiger partial charge in [-0.25, -0.2) is 4.68 Å². The van der Waals surface area contributed by atoms with E-state index in [9.17, 15) is 13.2 Å². The van der Waals surface area contributed by atoms with Gasteiger partial charge in [0.1, 0.15) is 0 Å². The molecule has 1 heterocycles. The molecule has 2 aromatic rings. The standard InChI is InChI=1S/C11H11BrN4O4S/c1-16-11(10(12)13-15-16)21(19,20)14-8-4-2-3-7(5-8)6-9(17)18/h2-5,14H,6H2,1H3,(H,17,18). The van der Waals surface area contributed by atoms with Crippen molar-refractivity contribution in [2.24, 2.45) is 7.05 Å². The topological polar surface area (TPSA) is 114 Å². The number of rotatable bonds is 5. The number of carboxylic acid groups (broad SMARTS) is 1. The summed E-state index contributed by atoms with van der Waals surface area (Å²) in [6.07, 6.45) is -0.188. The Kier molecular flexibility index (Phi) is 4.28. The number of carboxylic acids is 1. The summed E-state index contributed by atoms with van der Waals surface area (Å²) in [4.78, 5) is 10.7. The third-order valence-corrected chi connectivity index (χ3v) is 4.79. The molecule has 21 heavy (non-hydrogen) atoms.